The van der Waals surface area contributed by atoms with Gasteiger partial charge in [-0.3, -0.25) is 4.79 Å². The molecule has 2 heteroatoms. The number of carbonyl (C=O) groups is 1. The van der Waals surface area contributed by atoms with Gasteiger partial charge in [-0.25, -0.2) is 0 Å². The van der Waals surface area contributed by atoms with Crippen molar-refractivity contribution in [3.8, 4) is 0 Å². The van der Waals surface area contributed by atoms with Crippen molar-refractivity contribution in [2.75, 3.05) is 0 Å². The van der Waals surface area contributed by atoms with Gasteiger partial charge >= 0.3 is 0 Å². The third-order valence-electron chi connectivity index (χ3n) is 2.58. The summed E-state index contributed by atoms with van der Waals surface area (Å²) in [6.07, 6.45) is 2.81. The average Bonchev–Trinajstić information content (AvgIpc) is 2.29. The van der Waals surface area contributed by atoms with Gasteiger partial charge in [0.1, 0.15) is 0 Å². The molecule has 1 unspecified atom stereocenters. The molecular weight excluding hydrogens is 162 g/mol. The molecule has 0 amide bonds. The highest BCUT2D eigenvalue weighted by molar-refractivity contribution is 6.01. The first-order valence-corrected chi connectivity index (χ1v) is 4.67. The molecule has 13 heavy (non-hydrogen) atoms. The molecule has 0 bridgehead atoms. The van der Waals surface area contributed by atoms with Crippen LogP contribution >= 0.6 is 0 Å². The second kappa shape index (κ2) is 3.30. The Balaban J connectivity index is 2.46. The number of carbonyl (C=O) groups excluding carboxylic acids is 1. The largest absolute Gasteiger partial charge is 0.321 e. The first-order valence-electron chi connectivity index (χ1n) is 4.67. The van der Waals surface area contributed by atoms with E-state index in [0.717, 1.165) is 30.4 Å². The Kier molecular flexibility index (Phi) is 2.15. The van der Waals surface area contributed by atoms with Crippen LogP contribution in [0.5, 0.6) is 0 Å². The normalized spacial score (nSPS) is 22.2. The molecule has 0 spiro atoms. The summed E-state index contributed by atoms with van der Waals surface area (Å²) >= 11 is 0. The molecule has 0 radical (unpaired) electrons. The summed E-state index contributed by atoms with van der Waals surface area (Å²) in [7, 11) is 0. The van der Waals surface area contributed by atoms with Crippen LogP contribution in [0.3, 0.4) is 0 Å². The van der Waals surface area contributed by atoms with Crippen LogP contribution in [0.15, 0.2) is 24.3 Å². The number of aryl methyl sites for hydroxylation is 1. The van der Waals surface area contributed by atoms with E-state index in [0.29, 0.717) is 0 Å². The maximum Gasteiger partial charge on any atom is 0.179 e. The lowest BCUT2D eigenvalue weighted by atomic mass is 10.0. The third-order valence-corrected chi connectivity index (χ3v) is 2.58. The van der Waals surface area contributed by atoms with Gasteiger partial charge in [-0.1, -0.05) is 24.3 Å². The van der Waals surface area contributed by atoms with Gasteiger partial charge in [0.15, 0.2) is 5.78 Å². The number of fused-ring (bicyclic) bond motifs is 1. The first-order chi connectivity index (χ1) is 6.29. The van der Waals surface area contributed by atoms with E-state index in [1.165, 1.54) is 0 Å². The summed E-state index contributed by atoms with van der Waals surface area (Å²) in [6.45, 7) is 0. The molecule has 1 aromatic carbocycles. The quantitative estimate of drug-likeness (QED) is 0.608. The van der Waals surface area contributed by atoms with Gasteiger partial charge in [0.25, 0.3) is 0 Å². The highest BCUT2D eigenvalue weighted by Gasteiger charge is 2.21. The Labute approximate surface area is 77.8 Å². The predicted octanol–water partition coefficient (Wildman–Crippen LogP) is 1.53. The van der Waals surface area contributed by atoms with E-state index in [1.54, 1.807) is 0 Å². The van der Waals surface area contributed by atoms with Gasteiger partial charge in [0.05, 0.1) is 6.04 Å². The third kappa shape index (κ3) is 1.49. The second-order valence-electron chi connectivity index (χ2n) is 3.52. The zero-order chi connectivity index (χ0) is 9.26. The summed E-state index contributed by atoms with van der Waals surface area (Å²) in [5.74, 6) is 0.105. The van der Waals surface area contributed by atoms with E-state index >= 15 is 0 Å². The molecule has 2 nitrogen and oxygen atoms in total. The molecule has 0 saturated carbocycles. The number of ketones is 1. The van der Waals surface area contributed by atoms with Crippen LogP contribution in [-0.2, 0) is 6.42 Å². The van der Waals surface area contributed by atoms with E-state index in [1.807, 2.05) is 24.3 Å². The lowest BCUT2D eigenvalue weighted by Crippen LogP contribution is -2.29. The van der Waals surface area contributed by atoms with Crippen molar-refractivity contribution in [1.82, 2.24) is 0 Å². The molecule has 1 aliphatic rings. The maximum atomic E-state index is 11.7. The first kappa shape index (κ1) is 8.45. The highest BCUT2D eigenvalue weighted by atomic mass is 16.1. The minimum Gasteiger partial charge on any atom is -0.321 e. The van der Waals surface area contributed by atoms with Gasteiger partial charge in [-0.2, -0.15) is 0 Å². The summed E-state index contributed by atoms with van der Waals surface area (Å²) in [6, 6.07) is 7.48. The fraction of sp³-hybridized carbons (Fsp3) is 0.364. The molecule has 1 aliphatic carbocycles. The van der Waals surface area contributed by atoms with E-state index in [2.05, 4.69) is 0 Å². The van der Waals surface area contributed by atoms with Crippen molar-refractivity contribution in [1.29, 1.82) is 0 Å². The Hall–Kier alpha value is -1.15. The molecule has 1 aromatic rings. The number of benzene rings is 1. The topological polar surface area (TPSA) is 43.1 Å². The molecule has 0 aromatic heterocycles. The lowest BCUT2D eigenvalue weighted by molar-refractivity contribution is 0.0959. The van der Waals surface area contributed by atoms with Crippen LogP contribution in [-0.4, -0.2) is 11.8 Å². The van der Waals surface area contributed by atoms with Crippen LogP contribution in [0.2, 0.25) is 0 Å². The van der Waals surface area contributed by atoms with Crippen LogP contribution < -0.4 is 5.73 Å². The number of hydrogen-bond donors (Lipinski definition) is 1. The smallest absolute Gasteiger partial charge is 0.179 e. The van der Waals surface area contributed by atoms with Crippen molar-refractivity contribution in [3.63, 3.8) is 0 Å². The lowest BCUT2D eigenvalue weighted by Gasteiger charge is -2.06. The van der Waals surface area contributed by atoms with Crippen molar-refractivity contribution in [2.24, 2.45) is 5.73 Å². The Morgan fingerprint density at radius 3 is 2.92 bits per heavy atom. The number of Topliss-reactive ketones (excluding diaryl/α,β-unsaturated/α-hetero) is 1. The predicted molar refractivity (Wildman–Crippen MR) is 51.7 cm³/mol. The Morgan fingerprint density at radius 2 is 2.08 bits per heavy atom. The number of rotatable bonds is 0. The van der Waals surface area contributed by atoms with Crippen LogP contribution in [0.25, 0.3) is 0 Å². The minimum absolute atomic E-state index is 0.105. The van der Waals surface area contributed by atoms with E-state index in [-0.39, 0.29) is 11.8 Å². The Morgan fingerprint density at radius 1 is 1.31 bits per heavy atom. The molecule has 68 valence electrons. The van der Waals surface area contributed by atoms with Crippen molar-refractivity contribution in [2.45, 2.75) is 25.3 Å². The van der Waals surface area contributed by atoms with Crippen LogP contribution in [0, 0.1) is 0 Å². The van der Waals surface area contributed by atoms with Gasteiger partial charge < -0.3 is 5.73 Å². The molecule has 0 heterocycles. The average molecular weight is 175 g/mol. The van der Waals surface area contributed by atoms with Gasteiger partial charge in [-0.05, 0) is 24.8 Å². The summed E-state index contributed by atoms with van der Waals surface area (Å²) in [5, 5.41) is 0. The summed E-state index contributed by atoms with van der Waals surface area (Å²) in [5.41, 5.74) is 7.72. The zero-order valence-electron chi connectivity index (χ0n) is 7.49. The molecule has 2 rings (SSSR count). The van der Waals surface area contributed by atoms with E-state index in [4.69, 9.17) is 5.73 Å². The monoisotopic (exact) mass is 175 g/mol. The fourth-order valence-electron chi connectivity index (χ4n) is 1.82. The number of nitrogens with two attached hydrogens (primary N) is 1. The van der Waals surface area contributed by atoms with Crippen molar-refractivity contribution >= 4 is 5.78 Å². The zero-order valence-corrected chi connectivity index (χ0v) is 7.49. The number of hydrogen-bond acceptors (Lipinski definition) is 2. The van der Waals surface area contributed by atoms with Gasteiger partial charge in [-0.15, -0.1) is 0 Å². The van der Waals surface area contributed by atoms with Crippen molar-refractivity contribution < 1.29 is 4.79 Å². The minimum atomic E-state index is -0.288. The van der Waals surface area contributed by atoms with E-state index in [9.17, 15) is 4.79 Å². The standard InChI is InChI=1S/C11H13NO/c12-10-7-3-5-8-4-1-2-6-9(8)11(10)13/h1-2,4,6,10H,3,5,7,12H2. The molecule has 0 saturated heterocycles. The summed E-state index contributed by atoms with van der Waals surface area (Å²) < 4.78 is 0. The van der Waals surface area contributed by atoms with Crippen LogP contribution in [0.1, 0.15) is 28.8 Å². The van der Waals surface area contributed by atoms with E-state index < -0.39 is 0 Å². The second-order valence-corrected chi connectivity index (χ2v) is 3.52. The molecule has 2 N–H and O–H groups in total. The maximum absolute atomic E-state index is 11.7. The van der Waals surface area contributed by atoms with Crippen molar-refractivity contribution in [3.05, 3.63) is 35.4 Å². The van der Waals surface area contributed by atoms with Gasteiger partial charge in [0, 0.05) is 5.56 Å². The molecule has 0 fully saturated rings. The molecule has 0 aliphatic heterocycles. The Bertz CT molecular complexity index is 333. The molecule has 1 atom stereocenters. The van der Waals surface area contributed by atoms with Crippen LogP contribution in [0.4, 0.5) is 0 Å². The summed E-state index contributed by atoms with van der Waals surface area (Å²) in [4.78, 5) is 11.7. The van der Waals surface area contributed by atoms with Gasteiger partial charge in [0.2, 0.25) is 0 Å². The highest BCUT2D eigenvalue weighted by Crippen LogP contribution is 2.19. The fourth-order valence-corrected chi connectivity index (χ4v) is 1.82. The SMILES string of the molecule is NC1CCCc2ccccc2C1=O. The molecular formula is C11H13NO.